The summed E-state index contributed by atoms with van der Waals surface area (Å²) < 4.78 is 58.3. The van der Waals surface area contributed by atoms with Crippen LogP contribution in [-0.2, 0) is 23.9 Å². The molecule has 5 aliphatic rings. The number of hydrogen-bond acceptors (Lipinski definition) is 7. The molecule has 1 heterocycles. The molecule has 0 bridgehead atoms. The molecular formula is C28H35F3O6S. The number of allylic oxidation sites excluding steroid dienone is 4. The molecule has 4 aliphatic carbocycles. The molecule has 1 N–H and O–H groups in total. The van der Waals surface area contributed by atoms with E-state index in [4.69, 9.17) is 9.47 Å². The van der Waals surface area contributed by atoms with E-state index in [1.165, 1.54) is 19.1 Å². The topological polar surface area (TPSA) is 89.9 Å². The number of hydrogen-bond donors (Lipinski definition) is 1. The van der Waals surface area contributed by atoms with Crippen molar-refractivity contribution in [3.8, 4) is 0 Å². The number of thioether (sulfide) groups is 1. The first kappa shape index (κ1) is 27.9. The normalized spacial score (nSPS) is 49.6. The molecule has 0 aromatic rings. The zero-order chi connectivity index (χ0) is 27.8. The van der Waals surface area contributed by atoms with Gasteiger partial charge in [0.2, 0.25) is 5.12 Å². The van der Waals surface area contributed by atoms with Crippen molar-refractivity contribution in [2.24, 2.45) is 34.5 Å². The van der Waals surface area contributed by atoms with Crippen LogP contribution in [0.1, 0.15) is 53.4 Å². The van der Waals surface area contributed by atoms with Crippen LogP contribution in [0.15, 0.2) is 23.8 Å². The molecule has 0 aromatic carbocycles. The van der Waals surface area contributed by atoms with E-state index in [-0.39, 0.29) is 30.8 Å². The van der Waals surface area contributed by atoms with Crippen LogP contribution in [0.4, 0.5) is 13.2 Å². The monoisotopic (exact) mass is 556 g/mol. The first-order valence-electron chi connectivity index (χ1n) is 13.3. The van der Waals surface area contributed by atoms with Crippen LogP contribution in [-0.4, -0.2) is 64.2 Å². The van der Waals surface area contributed by atoms with Gasteiger partial charge in [0.1, 0.15) is 12.2 Å². The van der Waals surface area contributed by atoms with Crippen molar-refractivity contribution < 1.29 is 42.1 Å². The molecule has 1 aliphatic heterocycles. The van der Waals surface area contributed by atoms with E-state index in [1.807, 2.05) is 6.92 Å². The van der Waals surface area contributed by atoms with E-state index in [0.717, 1.165) is 6.08 Å². The van der Waals surface area contributed by atoms with Gasteiger partial charge in [-0.2, -0.15) is 0 Å². The number of aliphatic hydroxyl groups excluding tert-OH is 1. The third-order valence-electron chi connectivity index (χ3n) is 10.5. The summed E-state index contributed by atoms with van der Waals surface area (Å²) in [6, 6.07) is -1.04. The van der Waals surface area contributed by atoms with Crippen molar-refractivity contribution in [3.63, 3.8) is 0 Å². The predicted octanol–water partition coefficient (Wildman–Crippen LogP) is 4.45. The standard InChI is InChI=1S/C28H35F3O6S/c1-14-6-8-36-22(14)23(34)37-28(24(35)38-13-29)15(2)9-17-18-11-20(30)19-10-16(32)5-7-25(19,3)27(18,31)21(33)12-26(17,28)4/h5,7,10,14-15,17-18,20-22,33H,6,8-9,11-13H2,1-4H3/t14?,15-,17+,18+,20+,21+,22?,25+,26+,27+,28+/m1/s1. The third kappa shape index (κ3) is 3.44. The fourth-order valence-corrected chi connectivity index (χ4v) is 9.38. The molecule has 2 unspecified atom stereocenters. The Bertz CT molecular complexity index is 1110. The van der Waals surface area contributed by atoms with E-state index < -0.39 is 81.1 Å². The van der Waals surface area contributed by atoms with Gasteiger partial charge in [0.25, 0.3) is 0 Å². The highest BCUT2D eigenvalue weighted by molar-refractivity contribution is 8.13. The molecule has 6 nitrogen and oxygen atoms in total. The first-order chi connectivity index (χ1) is 17.8. The summed E-state index contributed by atoms with van der Waals surface area (Å²) in [5.74, 6) is -3.66. The SMILES string of the molecule is CC1CCOC1C(=O)O[C@]1(C(=O)SCF)[C@H](C)C[C@H]2[C@@H]3C[C@H](F)C4=CC(=O)C=C[C@]4(C)[C@@]3(F)[C@@H](O)C[C@@]21C. The fourth-order valence-electron chi connectivity index (χ4n) is 8.59. The molecule has 0 spiro atoms. The molecule has 0 radical (unpaired) electrons. The van der Waals surface area contributed by atoms with Crippen molar-refractivity contribution in [1.29, 1.82) is 0 Å². The quantitative estimate of drug-likeness (QED) is 0.512. The zero-order valence-electron chi connectivity index (χ0n) is 22.0. The fraction of sp³-hybridized carbons (Fsp3) is 0.750. The van der Waals surface area contributed by atoms with Crippen LogP contribution in [0.3, 0.4) is 0 Å². The van der Waals surface area contributed by atoms with Gasteiger partial charge in [0, 0.05) is 29.3 Å². The Balaban J connectivity index is 1.61. The maximum Gasteiger partial charge on any atom is 0.336 e. The number of esters is 1. The lowest BCUT2D eigenvalue weighted by atomic mass is 9.44. The summed E-state index contributed by atoms with van der Waals surface area (Å²) in [4.78, 5) is 39.1. The molecule has 1 saturated heterocycles. The Morgan fingerprint density at radius 1 is 1.24 bits per heavy atom. The first-order valence-corrected chi connectivity index (χ1v) is 14.3. The largest absolute Gasteiger partial charge is 0.447 e. The van der Waals surface area contributed by atoms with Crippen LogP contribution in [0, 0.1) is 34.5 Å². The molecular weight excluding hydrogens is 521 g/mol. The van der Waals surface area contributed by atoms with E-state index in [9.17, 15) is 23.9 Å². The van der Waals surface area contributed by atoms with Gasteiger partial charge in [-0.05, 0) is 73.9 Å². The molecule has 38 heavy (non-hydrogen) atoms. The van der Waals surface area contributed by atoms with E-state index in [2.05, 4.69) is 0 Å². The molecule has 5 rings (SSSR count). The Labute approximate surface area is 224 Å². The highest BCUT2D eigenvalue weighted by Gasteiger charge is 2.78. The van der Waals surface area contributed by atoms with Crippen LogP contribution in [0.2, 0.25) is 0 Å². The average molecular weight is 557 g/mol. The van der Waals surface area contributed by atoms with Crippen LogP contribution >= 0.6 is 11.8 Å². The summed E-state index contributed by atoms with van der Waals surface area (Å²) in [7, 11) is 0. The van der Waals surface area contributed by atoms with E-state index >= 15 is 8.78 Å². The number of carbonyl (C=O) groups is 3. The number of ketones is 1. The molecule has 210 valence electrons. The summed E-state index contributed by atoms with van der Waals surface area (Å²) in [5.41, 5.74) is -7.05. The van der Waals surface area contributed by atoms with Crippen molar-refractivity contribution in [3.05, 3.63) is 23.8 Å². The number of aliphatic hydroxyl groups is 1. The summed E-state index contributed by atoms with van der Waals surface area (Å²) >= 11 is 0.388. The number of fused-ring (bicyclic) bond motifs is 5. The van der Waals surface area contributed by atoms with Crippen molar-refractivity contribution >= 4 is 28.6 Å². The lowest BCUT2D eigenvalue weighted by Crippen LogP contribution is -2.71. The summed E-state index contributed by atoms with van der Waals surface area (Å²) in [5, 5.41) is 10.9. The van der Waals surface area contributed by atoms with Crippen LogP contribution in [0.5, 0.6) is 0 Å². The Morgan fingerprint density at radius 2 is 1.95 bits per heavy atom. The number of alkyl halides is 3. The van der Waals surface area contributed by atoms with E-state index in [1.54, 1.807) is 13.8 Å². The summed E-state index contributed by atoms with van der Waals surface area (Å²) in [6.45, 7) is 7.09. The van der Waals surface area contributed by atoms with Crippen molar-refractivity contribution in [2.45, 2.75) is 83.0 Å². The van der Waals surface area contributed by atoms with Gasteiger partial charge < -0.3 is 14.6 Å². The molecule has 0 amide bonds. The highest BCUT2D eigenvalue weighted by atomic mass is 32.2. The second-order valence-electron chi connectivity index (χ2n) is 12.3. The maximum absolute atomic E-state index is 17.4. The van der Waals surface area contributed by atoms with Gasteiger partial charge in [0.05, 0.1) is 6.10 Å². The minimum absolute atomic E-state index is 0.00608. The molecule has 10 heteroatoms. The minimum atomic E-state index is -2.33. The van der Waals surface area contributed by atoms with Crippen molar-refractivity contribution in [1.82, 2.24) is 0 Å². The third-order valence-corrected chi connectivity index (χ3v) is 11.2. The Kier molecular flexibility index (Phi) is 6.75. The smallest absolute Gasteiger partial charge is 0.336 e. The van der Waals surface area contributed by atoms with Gasteiger partial charge in [0.15, 0.2) is 23.2 Å². The molecule has 11 atom stereocenters. The van der Waals surface area contributed by atoms with Gasteiger partial charge in [-0.25, -0.2) is 18.0 Å². The lowest BCUT2D eigenvalue weighted by Gasteiger charge is -2.63. The van der Waals surface area contributed by atoms with E-state index in [0.29, 0.717) is 24.8 Å². The predicted molar refractivity (Wildman–Crippen MR) is 134 cm³/mol. The maximum atomic E-state index is 17.4. The molecule has 0 aromatic heterocycles. The number of halogens is 3. The Hall–Kier alpha value is -1.65. The lowest BCUT2D eigenvalue weighted by molar-refractivity contribution is -0.231. The minimum Gasteiger partial charge on any atom is -0.447 e. The number of carbonyl (C=O) groups excluding carboxylic acids is 3. The average Bonchev–Trinajstić information content (AvgIpc) is 3.37. The van der Waals surface area contributed by atoms with Gasteiger partial charge in [-0.3, -0.25) is 9.59 Å². The highest BCUT2D eigenvalue weighted by Crippen LogP contribution is 2.72. The second kappa shape index (κ2) is 9.20. The summed E-state index contributed by atoms with van der Waals surface area (Å²) in [6.07, 6.45) is -0.201. The zero-order valence-corrected chi connectivity index (χ0v) is 22.9. The Morgan fingerprint density at radius 3 is 2.58 bits per heavy atom. The second-order valence-corrected chi connectivity index (χ2v) is 13.1. The number of rotatable bonds is 4. The number of ether oxygens (including phenoxy) is 2. The van der Waals surface area contributed by atoms with Crippen LogP contribution < -0.4 is 0 Å². The van der Waals surface area contributed by atoms with Gasteiger partial charge >= 0.3 is 5.97 Å². The van der Waals surface area contributed by atoms with Gasteiger partial charge in [-0.15, -0.1) is 0 Å². The van der Waals surface area contributed by atoms with Gasteiger partial charge in [-0.1, -0.05) is 26.8 Å². The van der Waals surface area contributed by atoms with Crippen LogP contribution in [0.25, 0.3) is 0 Å². The molecule has 3 saturated carbocycles. The molecule has 4 fully saturated rings. The van der Waals surface area contributed by atoms with Crippen molar-refractivity contribution in [2.75, 3.05) is 12.6 Å².